The highest BCUT2D eigenvalue weighted by molar-refractivity contribution is 6.01. The molecule has 0 aliphatic heterocycles. The molecule has 0 spiro atoms. The Morgan fingerprint density at radius 3 is 2.30 bits per heavy atom. The summed E-state index contributed by atoms with van der Waals surface area (Å²) < 4.78 is 10.1. The minimum absolute atomic E-state index is 0.00535. The average molecular weight is 694 g/mol. The molecule has 5 aliphatic rings. The van der Waals surface area contributed by atoms with Crippen LogP contribution in [0.1, 0.15) is 97.0 Å². The van der Waals surface area contributed by atoms with Crippen LogP contribution in [0.25, 0.3) is 0 Å². The molecule has 9 heteroatoms. The summed E-state index contributed by atoms with van der Waals surface area (Å²) in [6, 6.07) is 8.17. The van der Waals surface area contributed by atoms with E-state index in [4.69, 9.17) is 9.47 Å². The van der Waals surface area contributed by atoms with Gasteiger partial charge in [-0.3, -0.25) is 14.4 Å². The molecule has 4 saturated carbocycles. The van der Waals surface area contributed by atoms with Crippen molar-refractivity contribution >= 4 is 17.5 Å². The van der Waals surface area contributed by atoms with Gasteiger partial charge < -0.3 is 29.7 Å². The molecule has 4 fully saturated rings. The van der Waals surface area contributed by atoms with Crippen LogP contribution in [0, 0.1) is 34.5 Å². The second-order valence-corrected chi connectivity index (χ2v) is 16.6. The van der Waals surface area contributed by atoms with E-state index in [1.165, 1.54) is 18.9 Å². The third-order valence-corrected chi connectivity index (χ3v) is 13.3. The van der Waals surface area contributed by atoms with Gasteiger partial charge in [-0.2, -0.15) is 0 Å². The number of ether oxygens (including phenoxy) is 2. The first-order chi connectivity index (χ1) is 23.5. The SMILES string of the molecule is CC(=O)OCC(=O)[C@@]1(O)CC[C@H]2[C@@H]3C[C@H](C)C4=CC(=O)C=C[C@]4(C)[C@H]3[C@@H](O)C[C@@]21C.COc1ccc(C(CN(C)C)C2(O)CCCCC2)cc1. The van der Waals surface area contributed by atoms with Gasteiger partial charge in [-0.25, -0.2) is 0 Å². The second-order valence-electron chi connectivity index (χ2n) is 16.6. The Hall–Kier alpha value is -2.85. The molecule has 6 rings (SSSR count). The fourth-order valence-corrected chi connectivity index (χ4v) is 10.8. The summed E-state index contributed by atoms with van der Waals surface area (Å²) in [7, 11) is 5.83. The van der Waals surface area contributed by atoms with Gasteiger partial charge in [0, 0.05) is 36.1 Å². The number of fused-ring (bicyclic) bond motifs is 5. The number of carbonyl (C=O) groups is 3. The van der Waals surface area contributed by atoms with E-state index < -0.39 is 46.5 Å². The zero-order chi connectivity index (χ0) is 36.6. The number of carbonyl (C=O) groups excluding carboxylic acids is 3. The normalized spacial score (nSPS) is 36.2. The Labute approximate surface area is 298 Å². The predicted octanol–water partition coefficient (Wildman–Crippen LogP) is 5.41. The number of aliphatic hydroxyl groups excluding tert-OH is 1. The van der Waals surface area contributed by atoms with Crippen LogP contribution in [0.5, 0.6) is 5.75 Å². The summed E-state index contributed by atoms with van der Waals surface area (Å²) in [5, 5.41) is 34.0. The molecule has 1 aromatic carbocycles. The van der Waals surface area contributed by atoms with Gasteiger partial charge in [-0.1, -0.05) is 63.8 Å². The molecule has 0 saturated heterocycles. The number of rotatable bonds is 8. The summed E-state index contributed by atoms with van der Waals surface area (Å²) in [5.74, 6) is 0.326. The Bertz CT molecular complexity index is 1480. The number of methoxy groups -OCH3 is 1. The van der Waals surface area contributed by atoms with Crippen LogP contribution in [0.15, 0.2) is 48.1 Å². The van der Waals surface area contributed by atoms with E-state index in [9.17, 15) is 29.7 Å². The van der Waals surface area contributed by atoms with E-state index in [1.54, 1.807) is 19.3 Å². The molecule has 276 valence electrons. The lowest BCUT2D eigenvalue weighted by Gasteiger charge is -2.60. The molecular weight excluding hydrogens is 634 g/mol. The highest BCUT2D eigenvalue weighted by Crippen LogP contribution is 2.67. The number of nitrogens with zero attached hydrogens (tertiary/aromatic N) is 1. The van der Waals surface area contributed by atoms with E-state index in [-0.39, 0.29) is 35.4 Å². The van der Waals surface area contributed by atoms with Gasteiger partial charge in [-0.05, 0) is 100 Å². The molecule has 5 aliphatic carbocycles. The van der Waals surface area contributed by atoms with Crippen LogP contribution >= 0.6 is 0 Å². The quantitative estimate of drug-likeness (QED) is 0.306. The van der Waals surface area contributed by atoms with Crippen molar-refractivity contribution in [1.29, 1.82) is 0 Å². The molecule has 3 N–H and O–H groups in total. The molecule has 9 nitrogen and oxygen atoms in total. The fourth-order valence-electron chi connectivity index (χ4n) is 10.8. The van der Waals surface area contributed by atoms with Crippen LogP contribution in [0.3, 0.4) is 0 Å². The third-order valence-electron chi connectivity index (χ3n) is 13.3. The second kappa shape index (κ2) is 14.6. The Morgan fingerprint density at radius 1 is 1.04 bits per heavy atom. The molecule has 1 aromatic rings. The summed E-state index contributed by atoms with van der Waals surface area (Å²) in [6.07, 6.45) is 12.1. The van der Waals surface area contributed by atoms with Crippen molar-refractivity contribution in [2.24, 2.45) is 34.5 Å². The number of Topliss-reactive ketones (excluding diaryl/α,β-unsaturated/α-hetero) is 1. The van der Waals surface area contributed by atoms with Gasteiger partial charge in [0.05, 0.1) is 18.8 Å². The number of ketones is 2. The van der Waals surface area contributed by atoms with Crippen molar-refractivity contribution in [3.8, 4) is 5.75 Å². The standard InChI is InChI=1S/C24H32O6.C17H27NO2/c1-13-9-16-17-6-8-24(29,20(28)12-30-14(2)25)23(17,4)11-19(27)21(16)22(3)7-5-15(26)10-18(13)22;1-18(2)13-16(17(19)11-5-4-6-12-17)14-7-9-15(20-3)10-8-14/h5,7,10,13,16-17,19,21,27,29H,6,8-9,11-12H2,1-4H3;7-10,16,19H,4-6,11-13H2,1-3H3/t13-,16-,17-,19-,21+,22-,23-,24-;/m0./s1. The highest BCUT2D eigenvalue weighted by atomic mass is 16.5. The van der Waals surface area contributed by atoms with Gasteiger partial charge >= 0.3 is 5.97 Å². The molecule has 1 unspecified atom stereocenters. The minimum Gasteiger partial charge on any atom is -0.497 e. The zero-order valence-corrected chi connectivity index (χ0v) is 31.1. The van der Waals surface area contributed by atoms with E-state index in [0.717, 1.165) is 50.0 Å². The number of esters is 1. The van der Waals surface area contributed by atoms with Crippen LogP contribution < -0.4 is 4.74 Å². The Morgan fingerprint density at radius 2 is 1.70 bits per heavy atom. The topological polar surface area (TPSA) is 134 Å². The smallest absolute Gasteiger partial charge is 0.303 e. The largest absolute Gasteiger partial charge is 0.497 e. The lowest BCUT2D eigenvalue weighted by molar-refractivity contribution is -0.182. The van der Waals surface area contributed by atoms with E-state index in [0.29, 0.717) is 19.3 Å². The van der Waals surface area contributed by atoms with Crippen molar-refractivity contribution < 1.29 is 39.2 Å². The van der Waals surface area contributed by atoms with Crippen molar-refractivity contribution in [2.75, 3.05) is 34.4 Å². The number of hydrogen-bond donors (Lipinski definition) is 3. The van der Waals surface area contributed by atoms with Gasteiger partial charge in [-0.15, -0.1) is 0 Å². The molecule has 0 bridgehead atoms. The number of allylic oxidation sites excluding steroid dienone is 4. The number of benzene rings is 1. The van der Waals surface area contributed by atoms with Crippen molar-refractivity contribution in [3.05, 3.63) is 53.6 Å². The van der Waals surface area contributed by atoms with Crippen molar-refractivity contribution in [3.63, 3.8) is 0 Å². The maximum atomic E-state index is 12.9. The molecule has 9 atom stereocenters. The zero-order valence-electron chi connectivity index (χ0n) is 31.1. The molecule has 50 heavy (non-hydrogen) atoms. The van der Waals surface area contributed by atoms with Crippen LogP contribution in [-0.2, 0) is 19.1 Å². The first-order valence-corrected chi connectivity index (χ1v) is 18.5. The molecule has 0 aromatic heterocycles. The first kappa shape index (κ1) is 38.4. The van der Waals surface area contributed by atoms with Crippen molar-refractivity contribution in [2.45, 2.75) is 109 Å². The van der Waals surface area contributed by atoms with Gasteiger partial charge in [0.15, 0.2) is 12.4 Å². The number of aliphatic hydroxyl groups is 3. The lowest BCUT2D eigenvalue weighted by Crippen LogP contribution is -2.62. The number of likely N-dealkylation sites (N-methyl/N-ethyl adjacent to an activating group) is 1. The van der Waals surface area contributed by atoms with Gasteiger partial charge in [0.25, 0.3) is 0 Å². The summed E-state index contributed by atoms with van der Waals surface area (Å²) >= 11 is 0. The predicted molar refractivity (Wildman–Crippen MR) is 191 cm³/mol. The number of hydrogen-bond acceptors (Lipinski definition) is 9. The summed E-state index contributed by atoms with van der Waals surface area (Å²) in [6.45, 7) is 7.82. The molecule has 0 amide bonds. The maximum Gasteiger partial charge on any atom is 0.303 e. The first-order valence-electron chi connectivity index (χ1n) is 18.5. The molecule has 0 heterocycles. The van der Waals surface area contributed by atoms with E-state index >= 15 is 0 Å². The van der Waals surface area contributed by atoms with Crippen LogP contribution in [0.4, 0.5) is 0 Å². The monoisotopic (exact) mass is 693 g/mol. The Kier molecular flexibility index (Phi) is 11.2. The van der Waals surface area contributed by atoms with Crippen molar-refractivity contribution in [1.82, 2.24) is 4.90 Å². The summed E-state index contributed by atoms with van der Waals surface area (Å²) in [4.78, 5) is 38.3. The van der Waals surface area contributed by atoms with Gasteiger partial charge in [0.2, 0.25) is 5.78 Å². The van der Waals surface area contributed by atoms with Crippen LogP contribution in [-0.4, -0.2) is 89.4 Å². The molecule has 0 radical (unpaired) electrons. The van der Waals surface area contributed by atoms with Gasteiger partial charge in [0.1, 0.15) is 11.4 Å². The fraction of sp³-hybridized carbons (Fsp3) is 0.683. The van der Waals surface area contributed by atoms with Crippen LogP contribution in [0.2, 0.25) is 0 Å². The molecular formula is C41H59NO8. The minimum atomic E-state index is -1.61. The summed E-state index contributed by atoms with van der Waals surface area (Å²) in [5.41, 5.74) is -1.06. The Balaban J connectivity index is 0.000000211. The van der Waals surface area contributed by atoms with E-state index in [1.807, 2.05) is 25.1 Å². The average Bonchev–Trinajstić information content (AvgIpc) is 3.34. The lowest BCUT2D eigenvalue weighted by atomic mass is 9.45. The third kappa shape index (κ3) is 7.00. The highest BCUT2D eigenvalue weighted by Gasteiger charge is 2.68. The van der Waals surface area contributed by atoms with E-state index in [2.05, 4.69) is 45.0 Å². The maximum absolute atomic E-state index is 12.9.